The van der Waals surface area contributed by atoms with Gasteiger partial charge in [0.1, 0.15) is 5.60 Å². The predicted molar refractivity (Wildman–Crippen MR) is 85.2 cm³/mol. The zero-order valence-electron chi connectivity index (χ0n) is 13.8. The molecule has 2 atom stereocenters. The normalized spacial score (nSPS) is 14.5. The number of aliphatic carboxylic acids is 1. The maximum Gasteiger partial charge on any atom is 0.408 e. The van der Waals surface area contributed by atoms with Gasteiger partial charge in [0.05, 0.1) is 4.90 Å². The Labute approximate surface area is 140 Å². The first-order chi connectivity index (χ1) is 10.8. The zero-order chi connectivity index (χ0) is 18.7. The molecular weight excluding hydrogens is 338 g/mol. The molecule has 0 bridgehead atoms. The van der Waals surface area contributed by atoms with Gasteiger partial charge in [0.2, 0.25) is 9.84 Å². The molecule has 0 saturated heterocycles. The van der Waals surface area contributed by atoms with E-state index in [0.717, 1.165) is 5.56 Å². The molecule has 134 valence electrons. The van der Waals surface area contributed by atoms with E-state index in [4.69, 9.17) is 9.84 Å². The number of carbonyl (C=O) groups is 2. The number of rotatable bonds is 5. The first-order valence-electron chi connectivity index (χ1n) is 7.05. The van der Waals surface area contributed by atoms with Crippen LogP contribution in [0.2, 0.25) is 0 Å². The summed E-state index contributed by atoms with van der Waals surface area (Å²) in [7, 11) is -4.38. The van der Waals surface area contributed by atoms with Crippen LogP contribution in [0.15, 0.2) is 29.2 Å². The van der Waals surface area contributed by atoms with Crippen molar-refractivity contribution in [2.75, 3.05) is 0 Å². The summed E-state index contributed by atoms with van der Waals surface area (Å²) in [4.78, 5) is 22.7. The number of aliphatic hydroxyl groups excluding tert-OH is 1. The highest BCUT2D eigenvalue weighted by molar-refractivity contribution is 7.92. The van der Waals surface area contributed by atoms with Gasteiger partial charge in [-0.25, -0.2) is 18.0 Å². The third-order valence-electron chi connectivity index (χ3n) is 2.89. The molecule has 0 aliphatic heterocycles. The lowest BCUT2D eigenvalue weighted by molar-refractivity contribution is -0.141. The van der Waals surface area contributed by atoms with E-state index < -0.39 is 39.0 Å². The van der Waals surface area contributed by atoms with Crippen molar-refractivity contribution in [3.05, 3.63) is 29.8 Å². The summed E-state index contributed by atoms with van der Waals surface area (Å²) in [6.45, 7) is 6.42. The summed E-state index contributed by atoms with van der Waals surface area (Å²) >= 11 is 0. The van der Waals surface area contributed by atoms with Crippen molar-refractivity contribution in [3.63, 3.8) is 0 Å². The number of benzene rings is 1. The number of aliphatic hydroxyl groups is 1. The number of carboxylic acids is 1. The minimum absolute atomic E-state index is 0.252. The number of sulfone groups is 1. The Bertz CT molecular complexity index is 704. The number of alkyl carbamates (subject to hydrolysis) is 1. The van der Waals surface area contributed by atoms with E-state index in [9.17, 15) is 23.1 Å². The number of carbonyl (C=O) groups excluding carboxylic acids is 1. The number of nitrogens with one attached hydrogen (secondary N) is 1. The van der Waals surface area contributed by atoms with E-state index in [2.05, 4.69) is 0 Å². The van der Waals surface area contributed by atoms with Gasteiger partial charge in [-0.2, -0.15) is 0 Å². The SMILES string of the molecule is Cc1ccc(S(=O)(=O)C(O)[C@@H](NC(=O)OC(C)(C)C)C(=O)O)cc1. The fraction of sp³-hybridized carbons (Fsp3) is 0.467. The van der Waals surface area contributed by atoms with Gasteiger partial charge < -0.3 is 20.3 Å². The van der Waals surface area contributed by atoms with Crippen molar-refractivity contribution in [2.45, 2.75) is 49.7 Å². The highest BCUT2D eigenvalue weighted by Crippen LogP contribution is 2.18. The lowest BCUT2D eigenvalue weighted by Gasteiger charge is -2.24. The van der Waals surface area contributed by atoms with Crippen LogP contribution in [-0.4, -0.2) is 47.8 Å². The van der Waals surface area contributed by atoms with Gasteiger partial charge in [0, 0.05) is 0 Å². The van der Waals surface area contributed by atoms with Crippen molar-refractivity contribution in [3.8, 4) is 0 Å². The van der Waals surface area contributed by atoms with Gasteiger partial charge in [-0.15, -0.1) is 0 Å². The second-order valence-electron chi connectivity index (χ2n) is 6.21. The Morgan fingerprint density at radius 2 is 1.67 bits per heavy atom. The van der Waals surface area contributed by atoms with E-state index >= 15 is 0 Å². The molecule has 0 heterocycles. The van der Waals surface area contributed by atoms with Crippen LogP contribution in [0.25, 0.3) is 0 Å². The van der Waals surface area contributed by atoms with Crippen LogP contribution in [0.3, 0.4) is 0 Å². The number of hydrogen-bond acceptors (Lipinski definition) is 6. The Balaban J connectivity index is 3.05. The number of ether oxygens (including phenoxy) is 1. The molecule has 1 rings (SSSR count). The average Bonchev–Trinajstić information content (AvgIpc) is 2.42. The molecule has 24 heavy (non-hydrogen) atoms. The lowest BCUT2D eigenvalue weighted by Crippen LogP contribution is -2.52. The Morgan fingerprint density at radius 3 is 2.08 bits per heavy atom. The Morgan fingerprint density at radius 1 is 1.17 bits per heavy atom. The summed E-state index contributed by atoms with van der Waals surface area (Å²) in [6.07, 6.45) is -1.15. The minimum Gasteiger partial charge on any atom is -0.480 e. The van der Waals surface area contributed by atoms with E-state index in [1.807, 2.05) is 5.32 Å². The maximum atomic E-state index is 12.4. The third-order valence-corrected chi connectivity index (χ3v) is 4.73. The van der Waals surface area contributed by atoms with Crippen molar-refractivity contribution in [1.82, 2.24) is 5.32 Å². The molecule has 1 unspecified atom stereocenters. The smallest absolute Gasteiger partial charge is 0.408 e. The summed E-state index contributed by atoms with van der Waals surface area (Å²) in [5.74, 6) is -1.70. The van der Waals surface area contributed by atoms with E-state index in [1.165, 1.54) is 24.3 Å². The van der Waals surface area contributed by atoms with Crippen molar-refractivity contribution >= 4 is 21.9 Å². The summed E-state index contributed by atoms with van der Waals surface area (Å²) in [6, 6.07) is 3.44. The van der Waals surface area contributed by atoms with Gasteiger partial charge in [-0.1, -0.05) is 17.7 Å². The molecule has 0 aromatic heterocycles. The second kappa shape index (κ2) is 7.18. The summed E-state index contributed by atoms with van der Waals surface area (Å²) in [5.41, 5.74) is -2.48. The molecule has 3 N–H and O–H groups in total. The third kappa shape index (κ3) is 5.20. The van der Waals surface area contributed by atoms with Crippen LogP contribution in [0, 0.1) is 6.92 Å². The van der Waals surface area contributed by atoms with Crippen LogP contribution in [-0.2, 0) is 19.4 Å². The van der Waals surface area contributed by atoms with E-state index in [1.54, 1.807) is 27.7 Å². The van der Waals surface area contributed by atoms with Crippen LogP contribution in [0.4, 0.5) is 4.79 Å². The zero-order valence-corrected chi connectivity index (χ0v) is 14.6. The van der Waals surface area contributed by atoms with Crippen LogP contribution in [0.5, 0.6) is 0 Å². The predicted octanol–water partition coefficient (Wildman–Crippen LogP) is 1.07. The van der Waals surface area contributed by atoms with Crippen molar-refractivity contribution in [1.29, 1.82) is 0 Å². The molecule has 0 aliphatic carbocycles. The van der Waals surface area contributed by atoms with Crippen molar-refractivity contribution in [2.24, 2.45) is 0 Å². The molecule has 0 fully saturated rings. The first kappa shape index (κ1) is 19.9. The molecule has 0 saturated carbocycles. The van der Waals surface area contributed by atoms with Gasteiger partial charge >= 0.3 is 12.1 Å². The molecule has 1 amide bonds. The maximum absolute atomic E-state index is 12.4. The minimum atomic E-state index is -4.38. The van der Waals surface area contributed by atoms with Crippen molar-refractivity contribution < 1.29 is 33.0 Å². The summed E-state index contributed by atoms with van der Waals surface area (Å²) < 4.78 is 29.6. The largest absolute Gasteiger partial charge is 0.480 e. The average molecular weight is 359 g/mol. The molecule has 8 nitrogen and oxygen atoms in total. The van der Waals surface area contributed by atoms with Crippen LogP contribution in [0.1, 0.15) is 26.3 Å². The molecule has 1 aromatic rings. The molecular formula is C15H21NO7S. The van der Waals surface area contributed by atoms with Gasteiger partial charge in [-0.05, 0) is 39.8 Å². The molecule has 1 aromatic carbocycles. The highest BCUT2D eigenvalue weighted by Gasteiger charge is 2.39. The fourth-order valence-corrected chi connectivity index (χ4v) is 3.07. The number of hydrogen-bond donors (Lipinski definition) is 3. The van der Waals surface area contributed by atoms with Crippen LogP contribution < -0.4 is 5.32 Å². The van der Waals surface area contributed by atoms with E-state index in [0.29, 0.717) is 0 Å². The van der Waals surface area contributed by atoms with Gasteiger partial charge in [0.15, 0.2) is 11.5 Å². The highest BCUT2D eigenvalue weighted by atomic mass is 32.2. The fourth-order valence-electron chi connectivity index (χ4n) is 1.74. The second-order valence-corrected chi connectivity index (χ2v) is 8.26. The lowest BCUT2D eigenvalue weighted by atomic mass is 10.2. The standard InChI is InChI=1S/C15H21NO7S/c1-9-5-7-10(8-6-9)24(21,22)13(19)11(12(17)18)16-14(20)23-15(2,3)4/h5-8,11,13,19H,1-4H3,(H,16,20)(H,17,18)/t11-,13?/m0/s1. The molecule has 0 radical (unpaired) electrons. The van der Waals surface area contributed by atoms with Crippen LogP contribution >= 0.6 is 0 Å². The molecule has 9 heteroatoms. The molecule has 0 spiro atoms. The van der Waals surface area contributed by atoms with Gasteiger partial charge in [-0.3, -0.25) is 0 Å². The number of carboxylic acid groups (broad SMARTS) is 1. The van der Waals surface area contributed by atoms with E-state index in [-0.39, 0.29) is 4.90 Å². The number of amides is 1. The monoisotopic (exact) mass is 359 g/mol. The Kier molecular flexibility index (Phi) is 5.96. The quantitative estimate of drug-likeness (QED) is 0.716. The topological polar surface area (TPSA) is 130 Å². The first-order valence-corrected chi connectivity index (χ1v) is 8.60. The Hall–Kier alpha value is -2.13. The molecule has 0 aliphatic rings. The summed E-state index contributed by atoms with van der Waals surface area (Å²) in [5, 5.41) is 21.1. The van der Waals surface area contributed by atoms with Gasteiger partial charge in [0.25, 0.3) is 0 Å². The number of aryl methyl sites for hydroxylation is 1.